The maximum Gasteiger partial charge on any atom is 0.0130 e. The highest BCUT2D eigenvalue weighted by atomic mass is 32.2. The fourth-order valence-corrected chi connectivity index (χ4v) is 4.14. The molecule has 0 bridgehead atoms. The second-order valence-electron chi connectivity index (χ2n) is 5.30. The van der Waals surface area contributed by atoms with Gasteiger partial charge in [-0.2, -0.15) is 23.5 Å². The van der Waals surface area contributed by atoms with Gasteiger partial charge in [-0.3, -0.25) is 0 Å². The summed E-state index contributed by atoms with van der Waals surface area (Å²) in [5.41, 5.74) is 0. The van der Waals surface area contributed by atoms with E-state index in [1.54, 1.807) is 0 Å². The van der Waals surface area contributed by atoms with Gasteiger partial charge in [0.2, 0.25) is 0 Å². The van der Waals surface area contributed by atoms with Crippen LogP contribution in [0.5, 0.6) is 0 Å². The van der Waals surface area contributed by atoms with Crippen molar-refractivity contribution in [2.75, 3.05) is 29.6 Å². The summed E-state index contributed by atoms with van der Waals surface area (Å²) in [6.07, 6.45) is 2.84. The van der Waals surface area contributed by atoms with Crippen molar-refractivity contribution in [2.24, 2.45) is 11.8 Å². The van der Waals surface area contributed by atoms with Gasteiger partial charge in [-0.05, 0) is 55.4 Å². The van der Waals surface area contributed by atoms with Gasteiger partial charge in [0.05, 0.1) is 0 Å². The van der Waals surface area contributed by atoms with Gasteiger partial charge in [-0.1, -0.05) is 13.8 Å². The molecule has 0 radical (unpaired) electrons. The molecule has 0 spiro atoms. The molecule has 0 amide bonds. The number of rotatable bonds is 7. The molecule has 1 fully saturated rings. The summed E-state index contributed by atoms with van der Waals surface area (Å²) >= 11 is 4.21. The van der Waals surface area contributed by atoms with Crippen molar-refractivity contribution in [1.82, 2.24) is 5.32 Å². The van der Waals surface area contributed by atoms with Crippen LogP contribution in [0, 0.1) is 11.8 Å². The van der Waals surface area contributed by atoms with Gasteiger partial charge < -0.3 is 5.32 Å². The average molecular weight is 262 g/mol. The van der Waals surface area contributed by atoms with E-state index in [1.165, 1.54) is 42.4 Å². The van der Waals surface area contributed by atoms with E-state index in [0.717, 1.165) is 11.8 Å². The Morgan fingerprint density at radius 3 is 2.50 bits per heavy atom. The van der Waals surface area contributed by atoms with E-state index in [9.17, 15) is 0 Å². The largest absolute Gasteiger partial charge is 0.313 e. The first-order valence-corrected chi connectivity index (χ1v) is 8.88. The lowest BCUT2D eigenvalue weighted by Crippen LogP contribution is -2.34. The third-order valence-corrected chi connectivity index (χ3v) is 5.60. The molecule has 1 nitrogen and oxygen atoms in total. The molecule has 0 aromatic carbocycles. The summed E-state index contributed by atoms with van der Waals surface area (Å²) in [6.45, 7) is 8.16. The lowest BCUT2D eigenvalue weighted by molar-refractivity contribution is 0.428. The molecule has 1 rings (SSSR count). The fraction of sp³-hybridized carbons (Fsp3) is 1.00. The van der Waals surface area contributed by atoms with Gasteiger partial charge in [-0.25, -0.2) is 0 Å². The maximum atomic E-state index is 3.70. The van der Waals surface area contributed by atoms with E-state index in [2.05, 4.69) is 49.6 Å². The van der Waals surface area contributed by atoms with Gasteiger partial charge in [0.15, 0.2) is 0 Å². The van der Waals surface area contributed by atoms with Gasteiger partial charge >= 0.3 is 0 Å². The molecule has 1 saturated heterocycles. The van der Waals surface area contributed by atoms with Crippen LogP contribution in [0.4, 0.5) is 0 Å². The van der Waals surface area contributed by atoms with Gasteiger partial charge in [-0.15, -0.1) is 0 Å². The Morgan fingerprint density at radius 2 is 1.88 bits per heavy atom. The van der Waals surface area contributed by atoms with Crippen LogP contribution in [-0.2, 0) is 0 Å². The molecule has 1 N–H and O–H groups in total. The van der Waals surface area contributed by atoms with E-state index in [-0.39, 0.29) is 0 Å². The molecule has 0 aliphatic carbocycles. The van der Waals surface area contributed by atoms with Crippen molar-refractivity contribution in [3.8, 4) is 0 Å². The molecular formula is C13H27NS2. The van der Waals surface area contributed by atoms with Crippen LogP contribution in [0.3, 0.4) is 0 Å². The van der Waals surface area contributed by atoms with Crippen molar-refractivity contribution in [3.63, 3.8) is 0 Å². The predicted molar refractivity (Wildman–Crippen MR) is 79.7 cm³/mol. The Hall–Kier alpha value is 0.660. The second-order valence-corrected chi connectivity index (χ2v) is 7.60. The molecule has 1 atom stereocenters. The first-order valence-electron chi connectivity index (χ1n) is 6.57. The maximum absolute atomic E-state index is 3.70. The van der Waals surface area contributed by atoms with Crippen LogP contribution < -0.4 is 5.32 Å². The smallest absolute Gasteiger partial charge is 0.0130 e. The molecule has 96 valence electrons. The standard InChI is InChI=1S/C13H27NS2/c1-11(2)9-16-10-12(3)14-8-13-4-6-15-7-5-13/h11-14H,4-10H2,1-3H3. The molecule has 1 unspecified atom stereocenters. The molecule has 1 aliphatic rings. The Bertz CT molecular complexity index is 167. The van der Waals surface area contributed by atoms with Gasteiger partial charge in [0, 0.05) is 11.8 Å². The fourth-order valence-electron chi connectivity index (χ4n) is 1.86. The molecule has 3 heteroatoms. The minimum absolute atomic E-state index is 0.679. The van der Waals surface area contributed by atoms with Crippen LogP contribution in [0.15, 0.2) is 0 Å². The number of nitrogens with one attached hydrogen (secondary N) is 1. The Labute approximate surface area is 110 Å². The highest BCUT2D eigenvalue weighted by molar-refractivity contribution is 7.99. The molecular weight excluding hydrogens is 234 g/mol. The molecule has 0 saturated carbocycles. The quantitative estimate of drug-likeness (QED) is 0.753. The Kier molecular flexibility index (Phi) is 8.01. The van der Waals surface area contributed by atoms with E-state index in [0.29, 0.717) is 6.04 Å². The number of hydrogen-bond donors (Lipinski definition) is 1. The first-order chi connectivity index (χ1) is 7.68. The molecule has 1 heterocycles. The zero-order valence-electron chi connectivity index (χ0n) is 11.0. The van der Waals surface area contributed by atoms with Crippen molar-refractivity contribution < 1.29 is 0 Å². The average Bonchev–Trinajstić information content (AvgIpc) is 2.27. The SMILES string of the molecule is CC(C)CSCC(C)NCC1CCSCC1. The monoisotopic (exact) mass is 261 g/mol. The van der Waals surface area contributed by atoms with Crippen molar-refractivity contribution in [1.29, 1.82) is 0 Å². The minimum Gasteiger partial charge on any atom is -0.313 e. The van der Waals surface area contributed by atoms with Crippen molar-refractivity contribution in [3.05, 3.63) is 0 Å². The van der Waals surface area contributed by atoms with Crippen LogP contribution in [0.2, 0.25) is 0 Å². The second kappa shape index (κ2) is 8.71. The molecule has 1 aliphatic heterocycles. The summed E-state index contributed by atoms with van der Waals surface area (Å²) in [7, 11) is 0. The highest BCUT2D eigenvalue weighted by Gasteiger charge is 2.14. The summed E-state index contributed by atoms with van der Waals surface area (Å²) in [5, 5.41) is 3.70. The topological polar surface area (TPSA) is 12.0 Å². The van der Waals surface area contributed by atoms with Crippen molar-refractivity contribution >= 4 is 23.5 Å². The van der Waals surface area contributed by atoms with Crippen LogP contribution >= 0.6 is 23.5 Å². The van der Waals surface area contributed by atoms with Crippen molar-refractivity contribution in [2.45, 2.75) is 39.7 Å². The third kappa shape index (κ3) is 7.08. The zero-order chi connectivity index (χ0) is 11.8. The van der Waals surface area contributed by atoms with E-state index >= 15 is 0 Å². The number of hydrogen-bond acceptors (Lipinski definition) is 3. The Balaban J connectivity index is 1.98. The summed E-state index contributed by atoms with van der Waals surface area (Å²) in [4.78, 5) is 0. The molecule has 0 aromatic heterocycles. The van der Waals surface area contributed by atoms with E-state index < -0.39 is 0 Å². The molecule has 0 aromatic rings. The summed E-state index contributed by atoms with van der Waals surface area (Å²) in [6, 6.07) is 0.679. The summed E-state index contributed by atoms with van der Waals surface area (Å²) < 4.78 is 0. The van der Waals surface area contributed by atoms with Gasteiger partial charge in [0.25, 0.3) is 0 Å². The van der Waals surface area contributed by atoms with E-state index in [4.69, 9.17) is 0 Å². The van der Waals surface area contributed by atoms with E-state index in [1.807, 2.05) is 0 Å². The zero-order valence-corrected chi connectivity index (χ0v) is 12.6. The van der Waals surface area contributed by atoms with Gasteiger partial charge in [0.1, 0.15) is 0 Å². The normalized spacial score (nSPS) is 20.2. The Morgan fingerprint density at radius 1 is 1.19 bits per heavy atom. The number of thioether (sulfide) groups is 2. The van der Waals surface area contributed by atoms with Crippen LogP contribution in [0.1, 0.15) is 33.6 Å². The third-order valence-electron chi connectivity index (χ3n) is 2.91. The first kappa shape index (κ1) is 14.7. The molecule has 16 heavy (non-hydrogen) atoms. The minimum atomic E-state index is 0.679. The highest BCUT2D eigenvalue weighted by Crippen LogP contribution is 2.22. The van der Waals surface area contributed by atoms with Crippen LogP contribution in [-0.4, -0.2) is 35.6 Å². The lowest BCUT2D eigenvalue weighted by Gasteiger charge is -2.23. The predicted octanol–water partition coefficient (Wildman–Crippen LogP) is 3.50. The van der Waals surface area contributed by atoms with Crippen LogP contribution in [0.25, 0.3) is 0 Å². The lowest BCUT2D eigenvalue weighted by atomic mass is 10.0. The summed E-state index contributed by atoms with van der Waals surface area (Å²) in [5.74, 6) is 7.09.